The molecule has 0 spiro atoms. The van der Waals surface area contributed by atoms with Gasteiger partial charge in [-0.1, -0.05) is 79.9 Å². The Hall–Kier alpha value is -5.35. The number of nitrogens with one attached hydrogen (secondary N) is 2. The molecule has 10 nitrogen and oxygen atoms in total. The molecule has 44 heavy (non-hydrogen) atoms. The third-order valence-electron chi connectivity index (χ3n) is 8.22. The highest BCUT2D eigenvalue weighted by molar-refractivity contribution is 5.87. The number of nitrogens with zero attached hydrogens (tertiary/aromatic N) is 5. The van der Waals surface area contributed by atoms with Crippen LogP contribution >= 0.6 is 0 Å². The molecule has 6 rings (SSSR count). The molecule has 3 aromatic carbocycles. The highest BCUT2D eigenvalue weighted by atomic mass is 16.3. The summed E-state index contributed by atoms with van der Waals surface area (Å²) in [5.74, 6) is -0.0167. The van der Waals surface area contributed by atoms with Crippen molar-refractivity contribution in [2.75, 3.05) is 19.6 Å². The summed E-state index contributed by atoms with van der Waals surface area (Å²) in [7, 11) is 0. The van der Waals surface area contributed by atoms with Crippen molar-refractivity contribution in [1.82, 2.24) is 35.3 Å². The number of hydrogen-bond acceptors (Lipinski definition) is 6. The number of phenols is 1. The van der Waals surface area contributed by atoms with Crippen LogP contribution in [-0.2, 0) is 17.9 Å². The molecule has 0 radical (unpaired) electrons. The number of para-hydroxylation sites is 1. The number of benzene rings is 3. The summed E-state index contributed by atoms with van der Waals surface area (Å²) < 4.78 is 0. The van der Waals surface area contributed by atoms with Crippen molar-refractivity contribution in [3.05, 3.63) is 127 Å². The number of hydrogen-bond donors (Lipinski definition) is 3. The maximum Gasteiger partial charge on any atom is 0.334 e. The van der Waals surface area contributed by atoms with Crippen LogP contribution in [0.1, 0.15) is 16.7 Å². The van der Waals surface area contributed by atoms with E-state index in [0.29, 0.717) is 37.4 Å². The summed E-state index contributed by atoms with van der Waals surface area (Å²) in [6.07, 6.45) is 2.80. The number of carbonyl (C=O) groups excluding carboxylic acids is 2. The van der Waals surface area contributed by atoms with Gasteiger partial charge in [-0.3, -0.25) is 9.89 Å². The zero-order chi connectivity index (χ0) is 30.8. The van der Waals surface area contributed by atoms with E-state index in [1.54, 1.807) is 51.5 Å². The second-order valence-electron chi connectivity index (χ2n) is 11.0. The number of rotatable bonds is 8. The van der Waals surface area contributed by atoms with Crippen LogP contribution in [-0.4, -0.2) is 78.9 Å². The monoisotopic (exact) mass is 589 g/mol. The SMILES string of the molecule is C=CCN1CC(=O)N2[C@@H](C(=C)c3ccc(O)cc3)C(=C)N(Cc3cccc4cn[nH]c34)C[C@@H]2N1C(=O)NCc1ccccc1. The van der Waals surface area contributed by atoms with Crippen molar-refractivity contribution in [2.24, 2.45) is 0 Å². The first-order valence-electron chi connectivity index (χ1n) is 14.5. The van der Waals surface area contributed by atoms with Gasteiger partial charge in [0.2, 0.25) is 5.91 Å². The molecular weight excluding hydrogens is 554 g/mol. The zero-order valence-electron chi connectivity index (χ0n) is 24.4. The highest BCUT2D eigenvalue weighted by Crippen LogP contribution is 2.38. The van der Waals surface area contributed by atoms with Gasteiger partial charge in [-0.2, -0.15) is 5.10 Å². The Morgan fingerprint density at radius 1 is 1.09 bits per heavy atom. The molecule has 10 heteroatoms. The maximum absolute atomic E-state index is 14.0. The normalized spacial score (nSPS) is 18.8. The van der Waals surface area contributed by atoms with E-state index in [1.807, 2.05) is 48.5 Å². The molecule has 4 aromatic rings. The summed E-state index contributed by atoms with van der Waals surface area (Å²) in [4.78, 5) is 31.8. The second kappa shape index (κ2) is 12.1. The number of piperazine rings is 1. The van der Waals surface area contributed by atoms with Crippen molar-refractivity contribution in [2.45, 2.75) is 25.3 Å². The van der Waals surface area contributed by atoms with Crippen LogP contribution in [0, 0.1) is 0 Å². The molecule has 2 saturated heterocycles. The molecule has 0 bridgehead atoms. The van der Waals surface area contributed by atoms with Crippen molar-refractivity contribution in [3.8, 4) is 5.75 Å². The molecule has 2 aliphatic rings. The molecule has 224 valence electrons. The molecule has 1 aromatic heterocycles. The number of hydrazine groups is 1. The number of aromatic nitrogens is 2. The van der Waals surface area contributed by atoms with Gasteiger partial charge in [0.1, 0.15) is 11.9 Å². The Labute approximate surface area is 256 Å². The minimum atomic E-state index is -0.669. The maximum atomic E-state index is 14.0. The molecule has 0 aliphatic carbocycles. The smallest absolute Gasteiger partial charge is 0.334 e. The average molecular weight is 590 g/mol. The molecule has 3 N–H and O–H groups in total. The predicted molar refractivity (Wildman–Crippen MR) is 169 cm³/mol. The van der Waals surface area contributed by atoms with Crippen LogP contribution < -0.4 is 5.32 Å². The van der Waals surface area contributed by atoms with E-state index < -0.39 is 12.2 Å². The Morgan fingerprint density at radius 3 is 2.61 bits per heavy atom. The van der Waals surface area contributed by atoms with E-state index in [2.05, 4.69) is 40.2 Å². The van der Waals surface area contributed by atoms with Crippen LogP contribution in [0.3, 0.4) is 0 Å². The van der Waals surface area contributed by atoms with E-state index >= 15 is 0 Å². The number of H-pyrrole nitrogens is 1. The van der Waals surface area contributed by atoms with Gasteiger partial charge in [0.05, 0.1) is 30.8 Å². The lowest BCUT2D eigenvalue weighted by molar-refractivity contribution is -0.174. The summed E-state index contributed by atoms with van der Waals surface area (Å²) in [6, 6.07) is 21.5. The third kappa shape index (κ3) is 5.43. The lowest BCUT2D eigenvalue weighted by Gasteiger charge is -2.57. The Kier molecular flexibility index (Phi) is 7.91. The Bertz CT molecular complexity index is 1720. The van der Waals surface area contributed by atoms with Crippen LogP contribution in [0.5, 0.6) is 5.75 Å². The van der Waals surface area contributed by atoms with Gasteiger partial charge in [-0.15, -0.1) is 6.58 Å². The largest absolute Gasteiger partial charge is 0.508 e. The molecule has 2 aliphatic heterocycles. The van der Waals surface area contributed by atoms with E-state index in [4.69, 9.17) is 0 Å². The first-order valence-corrected chi connectivity index (χ1v) is 14.5. The number of aromatic amines is 1. The van der Waals surface area contributed by atoms with Crippen LogP contribution in [0.4, 0.5) is 4.79 Å². The second-order valence-corrected chi connectivity index (χ2v) is 11.0. The number of aromatic hydroxyl groups is 1. The van der Waals surface area contributed by atoms with Gasteiger partial charge in [-0.25, -0.2) is 14.8 Å². The van der Waals surface area contributed by atoms with Gasteiger partial charge in [0.25, 0.3) is 0 Å². The van der Waals surface area contributed by atoms with Gasteiger partial charge < -0.3 is 20.2 Å². The summed E-state index contributed by atoms with van der Waals surface area (Å²) in [5.41, 5.74) is 4.97. The van der Waals surface area contributed by atoms with Crippen LogP contribution in [0.2, 0.25) is 0 Å². The molecule has 2 atom stereocenters. The van der Waals surface area contributed by atoms with Crippen molar-refractivity contribution < 1.29 is 14.7 Å². The molecule has 3 heterocycles. The number of urea groups is 1. The predicted octanol–water partition coefficient (Wildman–Crippen LogP) is 4.46. The van der Waals surface area contributed by atoms with Crippen LogP contribution in [0.25, 0.3) is 16.5 Å². The van der Waals surface area contributed by atoms with E-state index in [1.165, 1.54) is 0 Å². The van der Waals surface area contributed by atoms with Crippen LogP contribution in [0.15, 0.2) is 111 Å². The number of amides is 3. The van der Waals surface area contributed by atoms with Crippen molar-refractivity contribution in [1.29, 1.82) is 0 Å². The fourth-order valence-corrected chi connectivity index (χ4v) is 6.07. The lowest BCUT2D eigenvalue weighted by atomic mass is 9.92. The summed E-state index contributed by atoms with van der Waals surface area (Å²) >= 11 is 0. The lowest BCUT2D eigenvalue weighted by Crippen LogP contribution is -2.74. The van der Waals surface area contributed by atoms with Crippen molar-refractivity contribution in [3.63, 3.8) is 0 Å². The standard InChI is InChI=1S/C34H35N7O3/c1-4-17-39-22-31(43)40-30(41(39)34(44)35-18-25-9-6-5-7-10-25)21-38(20-28-12-8-11-27-19-36-37-32(27)28)24(3)33(40)23(2)26-13-15-29(42)16-14-26/h4-16,19,30,33,42H,1-3,17-18,20-22H2,(H,35,44)(H,36,37)/t30-,33-/m0/s1. The zero-order valence-corrected chi connectivity index (χ0v) is 24.4. The first kappa shape index (κ1) is 28.8. The molecule has 2 fully saturated rings. The summed E-state index contributed by atoms with van der Waals surface area (Å²) in [6.45, 7) is 14.2. The van der Waals surface area contributed by atoms with Gasteiger partial charge in [0, 0.05) is 30.7 Å². The quantitative estimate of drug-likeness (QED) is 0.262. The molecule has 0 unspecified atom stereocenters. The average Bonchev–Trinajstić information content (AvgIpc) is 3.52. The molecular formula is C34H35N7O3. The van der Waals surface area contributed by atoms with Gasteiger partial charge in [0.15, 0.2) is 0 Å². The molecule has 3 amide bonds. The summed E-state index contributed by atoms with van der Waals surface area (Å²) in [5, 5.41) is 24.7. The minimum absolute atomic E-state index is 0.0125. The first-order chi connectivity index (χ1) is 21.4. The van der Waals surface area contributed by atoms with E-state index in [9.17, 15) is 14.7 Å². The third-order valence-corrected chi connectivity index (χ3v) is 8.22. The Morgan fingerprint density at radius 2 is 1.86 bits per heavy atom. The highest BCUT2D eigenvalue weighted by Gasteiger charge is 2.50. The fraction of sp³-hybridized carbons (Fsp3) is 0.206. The van der Waals surface area contributed by atoms with E-state index in [-0.39, 0.29) is 24.2 Å². The van der Waals surface area contributed by atoms with Gasteiger partial charge in [-0.05, 0) is 34.4 Å². The number of fused-ring (bicyclic) bond motifs is 2. The fourth-order valence-electron chi connectivity index (χ4n) is 6.07. The topological polar surface area (TPSA) is 108 Å². The molecule has 0 saturated carbocycles. The number of carbonyl (C=O) groups is 2. The minimum Gasteiger partial charge on any atom is -0.508 e. The van der Waals surface area contributed by atoms with Crippen molar-refractivity contribution >= 4 is 28.4 Å². The number of phenolic OH excluding ortho intramolecular Hbond substituents is 1. The van der Waals surface area contributed by atoms with E-state index in [0.717, 1.165) is 27.6 Å². The van der Waals surface area contributed by atoms with Gasteiger partial charge >= 0.3 is 6.03 Å². The Balaban J connectivity index is 1.39.